The fourth-order valence-electron chi connectivity index (χ4n) is 1.91. The van der Waals surface area contributed by atoms with Crippen LogP contribution in [-0.4, -0.2) is 0 Å². The van der Waals surface area contributed by atoms with Crippen molar-refractivity contribution in [3.05, 3.63) is 48.0 Å². The van der Waals surface area contributed by atoms with E-state index in [9.17, 15) is 0 Å². The second-order valence-corrected chi connectivity index (χ2v) is 4.99. The molecule has 1 heterocycles. The van der Waals surface area contributed by atoms with Gasteiger partial charge in [0.1, 0.15) is 0 Å². The molecule has 0 saturated carbocycles. The summed E-state index contributed by atoms with van der Waals surface area (Å²) in [5.74, 6) is 0. The molecule has 0 amide bonds. The zero-order chi connectivity index (χ0) is 11.0. The van der Waals surface area contributed by atoms with Crippen LogP contribution in [0.4, 0.5) is 11.4 Å². The lowest BCUT2D eigenvalue weighted by atomic mass is 10.1. The summed E-state index contributed by atoms with van der Waals surface area (Å²) >= 11 is 1.84. The minimum absolute atomic E-state index is 1.08. The van der Waals surface area contributed by atoms with Crippen molar-refractivity contribution in [2.24, 2.45) is 0 Å². The van der Waals surface area contributed by atoms with Crippen LogP contribution in [0.2, 0.25) is 0 Å². The van der Waals surface area contributed by atoms with Gasteiger partial charge in [-0.3, -0.25) is 0 Å². The summed E-state index contributed by atoms with van der Waals surface area (Å²) in [6.07, 6.45) is 1.08. The van der Waals surface area contributed by atoms with Gasteiger partial charge in [0.2, 0.25) is 0 Å². The molecule has 1 aliphatic rings. The van der Waals surface area contributed by atoms with E-state index in [1.54, 1.807) is 0 Å². The molecule has 80 valence electrons. The maximum Gasteiger partial charge on any atom is 0.0529 e. The third kappa shape index (κ3) is 1.59. The Bertz CT molecular complexity index is 534. The van der Waals surface area contributed by atoms with Gasteiger partial charge in [-0.25, -0.2) is 0 Å². The van der Waals surface area contributed by atoms with E-state index in [4.69, 9.17) is 0 Å². The van der Waals surface area contributed by atoms with Gasteiger partial charge in [-0.2, -0.15) is 0 Å². The SMILES string of the molecule is CCc1ccc2c(c1)Nc1ccccc1S2. The molecule has 1 nitrogen and oxygen atoms in total. The summed E-state index contributed by atoms with van der Waals surface area (Å²) in [6, 6.07) is 15.1. The monoisotopic (exact) mass is 227 g/mol. The van der Waals surface area contributed by atoms with Gasteiger partial charge in [0, 0.05) is 9.79 Å². The van der Waals surface area contributed by atoms with E-state index >= 15 is 0 Å². The zero-order valence-corrected chi connectivity index (χ0v) is 9.97. The van der Waals surface area contributed by atoms with Crippen molar-refractivity contribution < 1.29 is 0 Å². The van der Waals surface area contributed by atoms with E-state index < -0.39 is 0 Å². The highest BCUT2D eigenvalue weighted by molar-refractivity contribution is 7.99. The number of rotatable bonds is 1. The Morgan fingerprint density at radius 3 is 2.69 bits per heavy atom. The standard InChI is InChI=1S/C14H13NS/c1-2-10-7-8-14-12(9-10)15-11-5-3-4-6-13(11)16-14/h3-9,15H,2H2,1H3. The van der Waals surface area contributed by atoms with Crippen LogP contribution in [0.3, 0.4) is 0 Å². The first kappa shape index (κ1) is 9.79. The number of aryl methyl sites for hydroxylation is 1. The van der Waals surface area contributed by atoms with Crippen molar-refractivity contribution in [2.45, 2.75) is 23.1 Å². The molecule has 2 aromatic rings. The minimum atomic E-state index is 1.08. The second-order valence-electron chi connectivity index (χ2n) is 3.91. The van der Waals surface area contributed by atoms with E-state index in [0.717, 1.165) is 6.42 Å². The second kappa shape index (κ2) is 3.87. The molecule has 3 rings (SSSR count). The highest BCUT2D eigenvalue weighted by Gasteiger charge is 2.14. The number of hydrogen-bond acceptors (Lipinski definition) is 2. The van der Waals surface area contributed by atoms with Crippen LogP contribution in [-0.2, 0) is 6.42 Å². The Balaban J connectivity index is 2.05. The molecule has 0 fully saturated rings. The average Bonchev–Trinajstić information content (AvgIpc) is 2.35. The third-order valence-electron chi connectivity index (χ3n) is 2.83. The molecule has 0 aromatic heterocycles. The average molecular weight is 227 g/mol. The zero-order valence-electron chi connectivity index (χ0n) is 9.16. The van der Waals surface area contributed by atoms with Crippen molar-refractivity contribution >= 4 is 23.1 Å². The van der Waals surface area contributed by atoms with Gasteiger partial charge in [0.15, 0.2) is 0 Å². The molecule has 2 aromatic carbocycles. The van der Waals surface area contributed by atoms with Gasteiger partial charge in [-0.1, -0.05) is 36.9 Å². The van der Waals surface area contributed by atoms with Crippen molar-refractivity contribution in [1.29, 1.82) is 0 Å². The smallest absolute Gasteiger partial charge is 0.0529 e. The number of anilines is 2. The molecule has 0 atom stereocenters. The van der Waals surface area contributed by atoms with Gasteiger partial charge in [-0.15, -0.1) is 0 Å². The fourth-order valence-corrected chi connectivity index (χ4v) is 2.87. The van der Waals surface area contributed by atoms with Crippen LogP contribution in [0.25, 0.3) is 0 Å². The largest absolute Gasteiger partial charge is 0.354 e. The molecule has 16 heavy (non-hydrogen) atoms. The van der Waals surface area contributed by atoms with Gasteiger partial charge in [0.25, 0.3) is 0 Å². The molecular weight excluding hydrogens is 214 g/mol. The maximum absolute atomic E-state index is 3.49. The van der Waals surface area contributed by atoms with Gasteiger partial charge >= 0.3 is 0 Å². The fraction of sp³-hybridized carbons (Fsp3) is 0.143. The van der Waals surface area contributed by atoms with E-state index in [1.807, 2.05) is 11.8 Å². The molecule has 0 radical (unpaired) electrons. The number of fused-ring (bicyclic) bond motifs is 2. The number of benzene rings is 2. The van der Waals surface area contributed by atoms with Crippen molar-refractivity contribution in [2.75, 3.05) is 5.32 Å². The highest BCUT2D eigenvalue weighted by atomic mass is 32.2. The first-order valence-electron chi connectivity index (χ1n) is 5.53. The minimum Gasteiger partial charge on any atom is -0.354 e. The van der Waals surface area contributed by atoms with Crippen molar-refractivity contribution in [3.63, 3.8) is 0 Å². The predicted molar refractivity (Wildman–Crippen MR) is 69.7 cm³/mol. The van der Waals surface area contributed by atoms with Crippen LogP contribution in [0.1, 0.15) is 12.5 Å². The Morgan fingerprint density at radius 2 is 1.81 bits per heavy atom. The van der Waals surface area contributed by atoms with Crippen LogP contribution >= 0.6 is 11.8 Å². The van der Waals surface area contributed by atoms with Gasteiger partial charge in [-0.05, 0) is 36.2 Å². The van der Waals surface area contributed by atoms with E-state index in [0.29, 0.717) is 0 Å². The summed E-state index contributed by atoms with van der Waals surface area (Å²) in [5.41, 5.74) is 3.84. The molecular formula is C14H13NS. The van der Waals surface area contributed by atoms with Gasteiger partial charge in [0.05, 0.1) is 11.4 Å². The Hall–Kier alpha value is -1.41. The molecule has 0 saturated heterocycles. The van der Waals surface area contributed by atoms with Crippen LogP contribution in [0.5, 0.6) is 0 Å². The quantitative estimate of drug-likeness (QED) is 0.659. The van der Waals surface area contributed by atoms with Crippen molar-refractivity contribution in [1.82, 2.24) is 0 Å². The molecule has 0 spiro atoms. The summed E-state index contributed by atoms with van der Waals surface area (Å²) in [4.78, 5) is 2.62. The number of hydrogen-bond donors (Lipinski definition) is 1. The van der Waals surface area contributed by atoms with E-state index in [2.05, 4.69) is 54.7 Å². The lowest BCUT2D eigenvalue weighted by Crippen LogP contribution is -2.00. The summed E-state index contributed by atoms with van der Waals surface area (Å²) in [5, 5.41) is 3.49. The Morgan fingerprint density at radius 1 is 1.00 bits per heavy atom. The van der Waals surface area contributed by atoms with Crippen LogP contribution in [0, 0.1) is 0 Å². The van der Waals surface area contributed by atoms with Crippen LogP contribution < -0.4 is 5.32 Å². The maximum atomic E-state index is 3.49. The Kier molecular flexibility index (Phi) is 2.37. The normalized spacial score (nSPS) is 12.6. The molecule has 1 N–H and O–H groups in total. The molecule has 1 aliphatic heterocycles. The first-order valence-corrected chi connectivity index (χ1v) is 6.35. The summed E-state index contributed by atoms with van der Waals surface area (Å²) in [7, 11) is 0. The van der Waals surface area contributed by atoms with E-state index in [1.165, 1.54) is 26.7 Å². The summed E-state index contributed by atoms with van der Waals surface area (Å²) < 4.78 is 0. The highest BCUT2D eigenvalue weighted by Crippen LogP contribution is 2.44. The predicted octanol–water partition coefficient (Wildman–Crippen LogP) is 4.46. The van der Waals surface area contributed by atoms with E-state index in [-0.39, 0.29) is 0 Å². The summed E-state index contributed by atoms with van der Waals surface area (Å²) in [6.45, 7) is 2.19. The van der Waals surface area contributed by atoms with Crippen molar-refractivity contribution in [3.8, 4) is 0 Å². The van der Waals surface area contributed by atoms with Gasteiger partial charge < -0.3 is 5.32 Å². The molecule has 0 unspecified atom stereocenters. The topological polar surface area (TPSA) is 12.0 Å². The Labute approximate surface area is 99.9 Å². The lowest BCUT2D eigenvalue weighted by molar-refractivity contribution is 1.13. The molecule has 0 bridgehead atoms. The number of para-hydroxylation sites is 1. The van der Waals surface area contributed by atoms with Crippen LogP contribution in [0.15, 0.2) is 52.3 Å². The lowest BCUT2D eigenvalue weighted by Gasteiger charge is -2.21. The molecule has 2 heteroatoms. The number of nitrogens with one attached hydrogen (secondary N) is 1. The molecule has 0 aliphatic carbocycles. The third-order valence-corrected chi connectivity index (χ3v) is 3.98. The first-order chi connectivity index (χ1) is 7.86.